The molecule has 4 nitrogen and oxygen atoms in total. The fraction of sp³-hybridized carbons (Fsp3) is 0.647. The van der Waals surface area contributed by atoms with Crippen molar-refractivity contribution in [2.24, 2.45) is 0 Å². The van der Waals surface area contributed by atoms with Crippen molar-refractivity contribution in [1.82, 2.24) is 0 Å². The van der Waals surface area contributed by atoms with Gasteiger partial charge in [0, 0.05) is 33.8 Å². The molecule has 2 aliphatic rings. The third-order valence-corrected chi connectivity index (χ3v) is 6.92. The standard InChI is InChI=1S/C17H24O4S/c1-20-13-4-2-5-14(10-13)21-9-8-17(18)11-15-6-3-7-16(12-17)22(15)19/h2,4-5,10,15-16,18H,3,6-9,11-12H2,1H3. The van der Waals surface area contributed by atoms with Crippen molar-refractivity contribution in [2.45, 2.75) is 54.6 Å². The SMILES string of the molecule is COc1cccc(OCCC2(O)CC3CCCC(C2)S3=O)c1. The zero-order chi connectivity index (χ0) is 15.6. The monoisotopic (exact) mass is 324 g/mol. The van der Waals surface area contributed by atoms with E-state index in [1.54, 1.807) is 7.11 Å². The maximum Gasteiger partial charge on any atom is 0.122 e. The highest BCUT2D eigenvalue weighted by molar-refractivity contribution is 7.86. The molecule has 22 heavy (non-hydrogen) atoms. The van der Waals surface area contributed by atoms with Crippen LogP contribution in [-0.2, 0) is 10.8 Å². The molecule has 0 amide bonds. The highest BCUT2D eigenvalue weighted by atomic mass is 32.2. The van der Waals surface area contributed by atoms with Gasteiger partial charge in [-0.1, -0.05) is 12.5 Å². The molecule has 1 aromatic rings. The quantitative estimate of drug-likeness (QED) is 0.905. The number of fused-ring (bicyclic) bond motifs is 2. The Morgan fingerprint density at radius 3 is 2.64 bits per heavy atom. The summed E-state index contributed by atoms with van der Waals surface area (Å²) >= 11 is 0. The van der Waals surface area contributed by atoms with Gasteiger partial charge in [-0.05, 0) is 37.8 Å². The molecular weight excluding hydrogens is 300 g/mol. The van der Waals surface area contributed by atoms with Crippen LogP contribution in [-0.4, -0.2) is 39.1 Å². The van der Waals surface area contributed by atoms with E-state index in [0.717, 1.165) is 30.8 Å². The molecule has 2 heterocycles. The first-order valence-electron chi connectivity index (χ1n) is 7.98. The molecule has 122 valence electrons. The number of ether oxygens (including phenoxy) is 2. The van der Waals surface area contributed by atoms with Crippen molar-refractivity contribution in [3.8, 4) is 11.5 Å². The lowest BCUT2D eigenvalue weighted by molar-refractivity contribution is -0.00714. The molecule has 3 rings (SSSR count). The van der Waals surface area contributed by atoms with Crippen LogP contribution in [0.3, 0.4) is 0 Å². The van der Waals surface area contributed by atoms with Gasteiger partial charge in [0.1, 0.15) is 11.5 Å². The van der Waals surface area contributed by atoms with Crippen molar-refractivity contribution in [3.63, 3.8) is 0 Å². The van der Waals surface area contributed by atoms with E-state index in [1.807, 2.05) is 24.3 Å². The molecule has 2 saturated heterocycles. The largest absolute Gasteiger partial charge is 0.497 e. The summed E-state index contributed by atoms with van der Waals surface area (Å²) in [4.78, 5) is 0. The Balaban J connectivity index is 1.55. The maximum absolute atomic E-state index is 12.2. The van der Waals surface area contributed by atoms with E-state index in [4.69, 9.17) is 9.47 Å². The van der Waals surface area contributed by atoms with Gasteiger partial charge in [0.05, 0.1) is 19.3 Å². The van der Waals surface area contributed by atoms with Gasteiger partial charge in [-0.25, -0.2) is 0 Å². The smallest absolute Gasteiger partial charge is 0.122 e. The third kappa shape index (κ3) is 3.46. The minimum Gasteiger partial charge on any atom is -0.497 e. The van der Waals surface area contributed by atoms with Crippen LogP contribution in [0.5, 0.6) is 11.5 Å². The molecule has 2 fully saturated rings. The summed E-state index contributed by atoms with van der Waals surface area (Å²) in [5, 5.41) is 11.2. The second-order valence-corrected chi connectivity index (χ2v) is 8.40. The summed E-state index contributed by atoms with van der Waals surface area (Å²) in [6.07, 6.45) is 5.02. The van der Waals surface area contributed by atoms with Crippen LogP contribution < -0.4 is 9.47 Å². The predicted molar refractivity (Wildman–Crippen MR) is 86.9 cm³/mol. The van der Waals surface area contributed by atoms with Crippen molar-refractivity contribution < 1.29 is 18.8 Å². The molecule has 5 heteroatoms. The average Bonchev–Trinajstić information content (AvgIpc) is 2.49. The molecule has 2 bridgehead atoms. The summed E-state index contributed by atoms with van der Waals surface area (Å²) < 4.78 is 23.1. The van der Waals surface area contributed by atoms with Crippen LogP contribution in [0.1, 0.15) is 38.5 Å². The van der Waals surface area contributed by atoms with E-state index in [-0.39, 0.29) is 10.5 Å². The predicted octanol–water partition coefficient (Wildman–Crippen LogP) is 2.66. The van der Waals surface area contributed by atoms with Crippen molar-refractivity contribution >= 4 is 10.8 Å². The molecular formula is C17H24O4S. The van der Waals surface area contributed by atoms with Gasteiger partial charge in [0.15, 0.2) is 0 Å². The lowest BCUT2D eigenvalue weighted by Crippen LogP contribution is -2.49. The Morgan fingerprint density at radius 2 is 1.95 bits per heavy atom. The van der Waals surface area contributed by atoms with Crippen LogP contribution in [0.15, 0.2) is 24.3 Å². The van der Waals surface area contributed by atoms with Gasteiger partial charge in [-0.15, -0.1) is 0 Å². The fourth-order valence-electron chi connectivity index (χ4n) is 3.63. The summed E-state index contributed by atoms with van der Waals surface area (Å²) in [6.45, 7) is 0.468. The average molecular weight is 324 g/mol. The molecule has 2 aliphatic heterocycles. The van der Waals surface area contributed by atoms with Gasteiger partial charge in [-0.2, -0.15) is 0 Å². The van der Waals surface area contributed by atoms with Gasteiger partial charge >= 0.3 is 0 Å². The zero-order valence-electron chi connectivity index (χ0n) is 13.0. The van der Waals surface area contributed by atoms with Crippen LogP contribution in [0.25, 0.3) is 0 Å². The number of methoxy groups -OCH3 is 1. The van der Waals surface area contributed by atoms with Crippen molar-refractivity contribution in [3.05, 3.63) is 24.3 Å². The summed E-state index contributed by atoms with van der Waals surface area (Å²) in [5.41, 5.74) is -0.720. The van der Waals surface area contributed by atoms with E-state index >= 15 is 0 Å². The first-order chi connectivity index (χ1) is 10.6. The first-order valence-corrected chi connectivity index (χ1v) is 9.26. The fourth-order valence-corrected chi connectivity index (χ4v) is 5.92. The Bertz CT molecular complexity index is 529. The van der Waals surface area contributed by atoms with Crippen LogP contribution in [0.4, 0.5) is 0 Å². The van der Waals surface area contributed by atoms with E-state index in [0.29, 0.717) is 25.9 Å². The topological polar surface area (TPSA) is 55.8 Å². The van der Waals surface area contributed by atoms with E-state index in [9.17, 15) is 9.32 Å². The van der Waals surface area contributed by atoms with Crippen LogP contribution in [0, 0.1) is 0 Å². The Labute approximate surface area is 134 Å². The Hall–Kier alpha value is -1.07. The first kappa shape index (κ1) is 15.8. The molecule has 0 aliphatic carbocycles. The summed E-state index contributed by atoms with van der Waals surface area (Å²) in [6, 6.07) is 7.49. The number of benzene rings is 1. The van der Waals surface area contributed by atoms with E-state index in [2.05, 4.69) is 0 Å². The Morgan fingerprint density at radius 1 is 1.27 bits per heavy atom. The Kier molecular flexibility index (Phi) is 4.73. The van der Waals surface area contributed by atoms with E-state index < -0.39 is 16.4 Å². The normalized spacial score (nSPS) is 34.2. The molecule has 2 atom stereocenters. The second-order valence-electron chi connectivity index (χ2n) is 6.41. The highest BCUT2D eigenvalue weighted by Gasteiger charge is 2.45. The molecule has 0 spiro atoms. The molecule has 0 radical (unpaired) electrons. The second kappa shape index (κ2) is 6.59. The highest BCUT2D eigenvalue weighted by Crippen LogP contribution is 2.40. The van der Waals surface area contributed by atoms with Gasteiger partial charge in [0.2, 0.25) is 0 Å². The third-order valence-electron chi connectivity index (χ3n) is 4.80. The molecule has 1 N–H and O–H groups in total. The molecule has 1 aromatic carbocycles. The minimum absolute atomic E-state index is 0.175. The lowest BCUT2D eigenvalue weighted by atomic mass is 9.83. The van der Waals surface area contributed by atoms with Gasteiger partial charge in [0.25, 0.3) is 0 Å². The molecule has 0 saturated carbocycles. The number of aliphatic hydroxyl groups is 1. The van der Waals surface area contributed by atoms with E-state index in [1.165, 1.54) is 0 Å². The molecule has 2 unspecified atom stereocenters. The maximum atomic E-state index is 12.2. The minimum atomic E-state index is -0.746. The van der Waals surface area contributed by atoms with Crippen molar-refractivity contribution in [1.29, 1.82) is 0 Å². The molecule has 0 aromatic heterocycles. The summed E-state index contributed by atoms with van der Waals surface area (Å²) in [5.74, 6) is 1.52. The summed E-state index contributed by atoms with van der Waals surface area (Å²) in [7, 11) is 0.882. The number of hydrogen-bond acceptors (Lipinski definition) is 4. The lowest BCUT2D eigenvalue weighted by Gasteiger charge is -2.43. The zero-order valence-corrected chi connectivity index (χ0v) is 13.8. The van der Waals surface area contributed by atoms with Gasteiger partial charge < -0.3 is 14.6 Å². The van der Waals surface area contributed by atoms with Crippen LogP contribution >= 0.6 is 0 Å². The number of hydrogen-bond donors (Lipinski definition) is 1. The number of rotatable bonds is 5. The van der Waals surface area contributed by atoms with Gasteiger partial charge in [-0.3, -0.25) is 4.21 Å². The van der Waals surface area contributed by atoms with Crippen LogP contribution in [0.2, 0.25) is 0 Å². The van der Waals surface area contributed by atoms with Crippen molar-refractivity contribution in [2.75, 3.05) is 13.7 Å².